The Labute approximate surface area is 202 Å². The van der Waals surface area contributed by atoms with Gasteiger partial charge in [-0.3, -0.25) is 4.79 Å². The molecule has 2 aliphatic rings. The van der Waals surface area contributed by atoms with Crippen molar-refractivity contribution in [1.29, 1.82) is 0 Å². The molecule has 0 spiro atoms. The number of hydrogen-bond donors (Lipinski definition) is 1. The molecule has 1 aromatic heterocycles. The number of hydrogen-bond acceptors (Lipinski definition) is 6. The average Bonchev–Trinajstić information content (AvgIpc) is 3.59. The van der Waals surface area contributed by atoms with E-state index in [9.17, 15) is 14.3 Å². The van der Waals surface area contributed by atoms with Crippen LogP contribution in [-0.4, -0.2) is 29.4 Å². The van der Waals surface area contributed by atoms with Crippen molar-refractivity contribution in [3.63, 3.8) is 0 Å². The normalized spacial score (nSPS) is 16.4. The van der Waals surface area contributed by atoms with Crippen molar-refractivity contribution < 1.29 is 33.0 Å². The molecule has 0 bridgehead atoms. The highest BCUT2D eigenvalue weighted by Crippen LogP contribution is 2.45. The molecule has 2 saturated carbocycles. The van der Waals surface area contributed by atoms with Gasteiger partial charge in [-0.2, -0.15) is 0 Å². The number of carboxylic acid groups (broad SMARTS) is 1. The second kappa shape index (κ2) is 9.98. The van der Waals surface area contributed by atoms with E-state index in [2.05, 4.69) is 5.16 Å². The molecule has 2 fully saturated rings. The third-order valence-corrected chi connectivity index (χ3v) is 6.72. The van der Waals surface area contributed by atoms with Crippen LogP contribution in [0.4, 0.5) is 4.39 Å². The quantitative estimate of drug-likeness (QED) is 0.361. The van der Waals surface area contributed by atoms with Crippen LogP contribution in [0.2, 0.25) is 0 Å². The molecule has 184 valence electrons. The van der Waals surface area contributed by atoms with E-state index >= 15 is 0 Å². The summed E-state index contributed by atoms with van der Waals surface area (Å²) in [6.07, 6.45) is 5.14. The van der Waals surface area contributed by atoms with Crippen LogP contribution in [0.5, 0.6) is 17.2 Å². The number of methoxy groups -OCH3 is 1. The summed E-state index contributed by atoms with van der Waals surface area (Å²) in [5.41, 5.74) is 1.60. The van der Waals surface area contributed by atoms with E-state index in [-0.39, 0.29) is 36.4 Å². The first-order valence-electron chi connectivity index (χ1n) is 12.0. The van der Waals surface area contributed by atoms with Crippen LogP contribution in [0.1, 0.15) is 55.7 Å². The number of halogens is 1. The minimum Gasteiger partial charge on any atom is -0.497 e. The lowest BCUT2D eigenvalue weighted by Gasteiger charge is -2.26. The molecule has 0 aliphatic heterocycles. The zero-order valence-corrected chi connectivity index (χ0v) is 19.5. The molecule has 0 amide bonds. The van der Waals surface area contributed by atoms with Gasteiger partial charge in [0.25, 0.3) is 0 Å². The Balaban J connectivity index is 1.38. The SMILES string of the molecule is COc1ccc(F)c(-c2onc(COc3cccc(C(CC(=O)O)C4CC4)c3)c2OC2CCC2)c1. The Kier molecular flexibility index (Phi) is 6.61. The maximum atomic E-state index is 14.7. The standard InChI is InChI=1S/C27H28FNO6/c1-32-19-10-11-23(28)22(13-19)26-27(34-18-5-3-6-18)24(29-35-26)15-33-20-7-2-4-17(12-20)21(14-25(30)31)16-8-9-16/h2,4,7,10-13,16,18,21H,3,5-6,8-9,14-15H2,1H3,(H,30,31). The first kappa shape index (κ1) is 23.2. The fourth-order valence-electron chi connectivity index (χ4n) is 4.39. The number of carboxylic acids is 1. The molecular formula is C27H28FNO6. The van der Waals surface area contributed by atoms with Gasteiger partial charge in [0.15, 0.2) is 11.4 Å². The topological polar surface area (TPSA) is 91.0 Å². The first-order chi connectivity index (χ1) is 17.0. The van der Waals surface area contributed by atoms with Gasteiger partial charge in [0.05, 0.1) is 25.2 Å². The van der Waals surface area contributed by atoms with Crippen molar-refractivity contribution >= 4 is 5.97 Å². The third kappa shape index (κ3) is 5.26. The highest BCUT2D eigenvalue weighted by atomic mass is 19.1. The molecule has 1 heterocycles. The lowest BCUT2D eigenvalue weighted by Crippen LogP contribution is -2.25. The lowest BCUT2D eigenvalue weighted by molar-refractivity contribution is -0.137. The van der Waals surface area contributed by atoms with Crippen LogP contribution in [0.3, 0.4) is 0 Å². The monoisotopic (exact) mass is 481 g/mol. The van der Waals surface area contributed by atoms with Crippen LogP contribution >= 0.6 is 0 Å². The van der Waals surface area contributed by atoms with E-state index < -0.39 is 11.8 Å². The predicted molar refractivity (Wildman–Crippen MR) is 125 cm³/mol. The zero-order chi connectivity index (χ0) is 24.4. The molecule has 1 N–H and O–H groups in total. The summed E-state index contributed by atoms with van der Waals surface area (Å²) in [5, 5.41) is 13.5. The number of aliphatic carboxylic acids is 1. The summed E-state index contributed by atoms with van der Waals surface area (Å²) in [6.45, 7) is 0.0631. The summed E-state index contributed by atoms with van der Waals surface area (Å²) in [7, 11) is 1.51. The van der Waals surface area contributed by atoms with Crippen molar-refractivity contribution in [2.75, 3.05) is 7.11 Å². The molecule has 8 heteroatoms. The number of rotatable bonds is 11. The van der Waals surface area contributed by atoms with Crippen molar-refractivity contribution in [2.24, 2.45) is 5.92 Å². The minimum absolute atomic E-state index is 0.0248. The largest absolute Gasteiger partial charge is 0.497 e. The number of ether oxygens (including phenoxy) is 3. The third-order valence-electron chi connectivity index (χ3n) is 6.72. The molecule has 5 rings (SSSR count). The average molecular weight is 482 g/mol. The second-order valence-electron chi connectivity index (χ2n) is 9.21. The number of nitrogens with zero attached hydrogens (tertiary/aromatic N) is 1. The molecule has 35 heavy (non-hydrogen) atoms. The van der Waals surface area contributed by atoms with Crippen LogP contribution in [-0.2, 0) is 11.4 Å². The maximum absolute atomic E-state index is 14.7. The van der Waals surface area contributed by atoms with E-state index in [1.165, 1.54) is 19.2 Å². The summed E-state index contributed by atoms with van der Waals surface area (Å²) < 4.78 is 37.6. The Morgan fingerprint density at radius 2 is 2.00 bits per heavy atom. The Morgan fingerprint density at radius 1 is 1.17 bits per heavy atom. The molecule has 2 aromatic carbocycles. The van der Waals surface area contributed by atoms with Gasteiger partial charge in [-0.25, -0.2) is 4.39 Å². The van der Waals surface area contributed by atoms with Crippen molar-refractivity contribution in [3.05, 3.63) is 59.5 Å². The fourth-order valence-corrected chi connectivity index (χ4v) is 4.39. The van der Waals surface area contributed by atoms with Gasteiger partial charge in [0.2, 0.25) is 5.76 Å². The van der Waals surface area contributed by atoms with Gasteiger partial charge in [-0.15, -0.1) is 0 Å². The van der Waals surface area contributed by atoms with Gasteiger partial charge >= 0.3 is 5.97 Å². The smallest absolute Gasteiger partial charge is 0.303 e. The van der Waals surface area contributed by atoms with Gasteiger partial charge < -0.3 is 23.8 Å². The maximum Gasteiger partial charge on any atom is 0.303 e. The first-order valence-corrected chi connectivity index (χ1v) is 12.0. The van der Waals surface area contributed by atoms with E-state index in [4.69, 9.17) is 18.7 Å². The predicted octanol–water partition coefficient (Wildman–Crippen LogP) is 5.97. The van der Waals surface area contributed by atoms with Crippen LogP contribution in [0, 0.1) is 11.7 Å². The Bertz CT molecular complexity index is 1200. The van der Waals surface area contributed by atoms with Gasteiger partial charge in [-0.1, -0.05) is 17.3 Å². The molecular weight excluding hydrogens is 453 g/mol. The summed E-state index contributed by atoms with van der Waals surface area (Å²) in [4.78, 5) is 11.4. The highest BCUT2D eigenvalue weighted by molar-refractivity contribution is 5.68. The minimum atomic E-state index is -0.800. The van der Waals surface area contributed by atoms with Crippen LogP contribution in [0.15, 0.2) is 47.0 Å². The highest BCUT2D eigenvalue weighted by Gasteiger charge is 2.34. The number of benzene rings is 2. The fraction of sp³-hybridized carbons (Fsp3) is 0.407. The number of carbonyl (C=O) groups is 1. The van der Waals surface area contributed by atoms with Gasteiger partial charge in [-0.05, 0) is 79.8 Å². The molecule has 7 nitrogen and oxygen atoms in total. The lowest BCUT2D eigenvalue weighted by atomic mass is 9.91. The van der Waals surface area contributed by atoms with Crippen molar-refractivity contribution in [1.82, 2.24) is 5.16 Å². The summed E-state index contributed by atoms with van der Waals surface area (Å²) in [6, 6.07) is 11.9. The van der Waals surface area contributed by atoms with E-state index in [0.29, 0.717) is 28.9 Å². The molecule has 1 atom stereocenters. The van der Waals surface area contributed by atoms with Gasteiger partial charge in [0.1, 0.15) is 23.9 Å². The van der Waals surface area contributed by atoms with E-state index in [1.807, 2.05) is 24.3 Å². The molecule has 3 aromatic rings. The van der Waals surface area contributed by atoms with Crippen LogP contribution in [0.25, 0.3) is 11.3 Å². The van der Waals surface area contributed by atoms with Crippen molar-refractivity contribution in [2.45, 2.75) is 57.2 Å². The summed E-state index contributed by atoms with van der Waals surface area (Å²) >= 11 is 0. The second-order valence-corrected chi connectivity index (χ2v) is 9.21. The van der Waals surface area contributed by atoms with E-state index in [1.54, 1.807) is 6.07 Å². The zero-order valence-electron chi connectivity index (χ0n) is 19.5. The molecule has 1 unspecified atom stereocenters. The van der Waals surface area contributed by atoms with Crippen molar-refractivity contribution in [3.8, 4) is 28.6 Å². The van der Waals surface area contributed by atoms with Gasteiger partial charge in [0, 0.05) is 0 Å². The molecule has 0 radical (unpaired) electrons. The summed E-state index contributed by atoms with van der Waals surface area (Å²) in [5.74, 6) is 0.786. The molecule has 2 aliphatic carbocycles. The van der Waals surface area contributed by atoms with E-state index in [0.717, 1.165) is 37.7 Å². The Hall–Kier alpha value is -3.55. The van der Waals surface area contributed by atoms with Crippen LogP contribution < -0.4 is 14.2 Å². The number of aromatic nitrogens is 1. The Morgan fingerprint density at radius 3 is 2.69 bits per heavy atom. The molecule has 0 saturated heterocycles.